The first-order valence-electron chi connectivity index (χ1n) is 9.40. The number of β-amino-alcohol motifs (C(OH)–C–C–N with tert-alkyl or cyclic N) is 1. The number of hydrogen-bond donors (Lipinski definition) is 2. The van der Waals surface area contributed by atoms with E-state index < -0.39 is 0 Å². The van der Waals surface area contributed by atoms with Crippen LogP contribution in [0, 0.1) is 0 Å². The maximum Gasteiger partial charge on any atom is 0.241 e. The lowest BCUT2D eigenvalue weighted by Crippen LogP contribution is -2.53. The number of aliphatic hydroxyl groups excluding tert-OH is 1. The summed E-state index contributed by atoms with van der Waals surface area (Å²) in [7, 11) is 0. The lowest BCUT2D eigenvalue weighted by molar-refractivity contribution is -0.121. The molecule has 2 heterocycles. The third-order valence-electron chi connectivity index (χ3n) is 5.36. The van der Waals surface area contributed by atoms with Gasteiger partial charge in [0.1, 0.15) is 0 Å². The number of piperazine rings is 1. The van der Waals surface area contributed by atoms with Gasteiger partial charge in [-0.15, -0.1) is 0 Å². The lowest BCUT2D eigenvalue weighted by Gasteiger charge is -2.37. The van der Waals surface area contributed by atoms with Crippen LogP contribution in [0.15, 0.2) is 24.3 Å². The molecule has 2 N–H and O–H groups in total. The maximum absolute atomic E-state index is 12.5. The van der Waals surface area contributed by atoms with E-state index in [0.29, 0.717) is 0 Å². The van der Waals surface area contributed by atoms with Gasteiger partial charge in [-0.1, -0.05) is 0 Å². The summed E-state index contributed by atoms with van der Waals surface area (Å²) in [6.07, 6.45) is 2.53. The average molecular weight is 346 g/mol. The van der Waals surface area contributed by atoms with Gasteiger partial charge in [0.05, 0.1) is 12.6 Å². The predicted molar refractivity (Wildman–Crippen MR) is 101 cm³/mol. The summed E-state index contributed by atoms with van der Waals surface area (Å²) in [4.78, 5) is 19.4. The molecule has 0 spiro atoms. The van der Waals surface area contributed by atoms with Crippen LogP contribution in [-0.4, -0.2) is 79.3 Å². The molecule has 1 amide bonds. The van der Waals surface area contributed by atoms with E-state index in [1.165, 1.54) is 18.5 Å². The van der Waals surface area contributed by atoms with Crippen LogP contribution in [0.2, 0.25) is 0 Å². The number of aliphatic hydroxyl groups is 1. The fourth-order valence-corrected chi connectivity index (χ4v) is 3.66. The second kappa shape index (κ2) is 8.65. The summed E-state index contributed by atoms with van der Waals surface area (Å²) in [5.74, 6) is 0.0459. The smallest absolute Gasteiger partial charge is 0.241 e. The minimum absolute atomic E-state index is 0.0459. The minimum atomic E-state index is -0.144. The Morgan fingerprint density at radius 2 is 1.72 bits per heavy atom. The summed E-state index contributed by atoms with van der Waals surface area (Å²) in [5.41, 5.74) is 2.10. The van der Waals surface area contributed by atoms with Gasteiger partial charge in [0.2, 0.25) is 5.91 Å². The molecule has 0 aromatic heterocycles. The van der Waals surface area contributed by atoms with Crippen LogP contribution in [0.4, 0.5) is 11.4 Å². The van der Waals surface area contributed by atoms with E-state index in [-0.39, 0.29) is 18.6 Å². The number of anilines is 2. The fraction of sp³-hybridized carbons (Fsp3) is 0.632. The predicted octanol–water partition coefficient (Wildman–Crippen LogP) is 1.22. The number of hydrogen-bond acceptors (Lipinski definition) is 5. The highest BCUT2D eigenvalue weighted by Crippen LogP contribution is 2.22. The fourth-order valence-electron chi connectivity index (χ4n) is 3.66. The molecule has 2 aliphatic heterocycles. The van der Waals surface area contributed by atoms with E-state index in [1.807, 2.05) is 19.1 Å². The molecule has 0 bridgehead atoms. The lowest BCUT2D eigenvalue weighted by atomic mass is 10.2. The zero-order valence-corrected chi connectivity index (χ0v) is 15.2. The van der Waals surface area contributed by atoms with Crippen LogP contribution in [-0.2, 0) is 4.79 Å². The van der Waals surface area contributed by atoms with Crippen molar-refractivity contribution in [2.45, 2.75) is 25.8 Å². The van der Waals surface area contributed by atoms with Gasteiger partial charge < -0.3 is 15.3 Å². The molecule has 138 valence electrons. The summed E-state index contributed by atoms with van der Waals surface area (Å²) in [6, 6.07) is 8.04. The Morgan fingerprint density at radius 1 is 1.08 bits per heavy atom. The van der Waals surface area contributed by atoms with Crippen molar-refractivity contribution in [2.75, 3.05) is 62.6 Å². The molecule has 1 unspecified atom stereocenters. The van der Waals surface area contributed by atoms with Crippen molar-refractivity contribution in [3.63, 3.8) is 0 Å². The van der Waals surface area contributed by atoms with Gasteiger partial charge in [0.25, 0.3) is 0 Å². The first-order valence-corrected chi connectivity index (χ1v) is 9.40. The molecule has 6 heteroatoms. The molecule has 0 radical (unpaired) electrons. The normalized spacial score (nSPS) is 20.6. The Morgan fingerprint density at radius 3 is 2.32 bits per heavy atom. The number of rotatable bonds is 6. The zero-order valence-electron chi connectivity index (χ0n) is 15.2. The first-order chi connectivity index (χ1) is 12.2. The van der Waals surface area contributed by atoms with Crippen LogP contribution in [0.3, 0.4) is 0 Å². The zero-order chi connectivity index (χ0) is 17.6. The maximum atomic E-state index is 12.5. The van der Waals surface area contributed by atoms with Gasteiger partial charge in [-0.05, 0) is 44.0 Å². The summed E-state index contributed by atoms with van der Waals surface area (Å²) in [6.45, 7) is 8.68. The van der Waals surface area contributed by atoms with Crippen LogP contribution < -0.4 is 10.2 Å². The second-order valence-corrected chi connectivity index (χ2v) is 7.01. The average Bonchev–Trinajstić information content (AvgIpc) is 3.17. The molecule has 1 aromatic carbocycles. The molecule has 0 aliphatic carbocycles. The third kappa shape index (κ3) is 4.71. The molecule has 2 fully saturated rings. The molecule has 1 atom stereocenters. The molecule has 2 aliphatic rings. The number of nitrogens with one attached hydrogen (secondary N) is 1. The number of nitrogens with zero attached hydrogens (tertiary/aromatic N) is 3. The van der Waals surface area contributed by atoms with E-state index in [1.54, 1.807) is 0 Å². The first kappa shape index (κ1) is 18.2. The van der Waals surface area contributed by atoms with Crippen molar-refractivity contribution >= 4 is 17.3 Å². The highest BCUT2D eigenvalue weighted by Gasteiger charge is 2.25. The standard InChI is InChI=1S/C19H30N4O2/c1-16(22-12-10-21(11-13-22)14-15-24)19(25)20-17-4-6-18(7-5-17)23-8-2-3-9-23/h4-7,16,24H,2-3,8-15H2,1H3,(H,20,25). The van der Waals surface area contributed by atoms with E-state index >= 15 is 0 Å². The summed E-state index contributed by atoms with van der Waals surface area (Å²) < 4.78 is 0. The van der Waals surface area contributed by atoms with Crippen molar-refractivity contribution in [2.24, 2.45) is 0 Å². The van der Waals surface area contributed by atoms with Crippen LogP contribution in [0.5, 0.6) is 0 Å². The molecule has 3 rings (SSSR count). The van der Waals surface area contributed by atoms with Crippen molar-refractivity contribution in [1.29, 1.82) is 0 Å². The van der Waals surface area contributed by atoms with Crippen molar-refractivity contribution in [1.82, 2.24) is 9.80 Å². The highest BCUT2D eigenvalue weighted by atomic mass is 16.3. The second-order valence-electron chi connectivity index (χ2n) is 7.01. The summed E-state index contributed by atoms with van der Waals surface area (Å²) in [5, 5.41) is 12.1. The Kier molecular flexibility index (Phi) is 6.29. The Bertz CT molecular complexity index is 549. The number of amides is 1. The number of benzene rings is 1. The van der Waals surface area contributed by atoms with Gasteiger partial charge in [0.15, 0.2) is 0 Å². The van der Waals surface area contributed by atoms with Gasteiger partial charge in [-0.25, -0.2) is 0 Å². The minimum Gasteiger partial charge on any atom is -0.395 e. The van der Waals surface area contributed by atoms with Gasteiger partial charge in [-0.3, -0.25) is 14.6 Å². The quantitative estimate of drug-likeness (QED) is 0.811. The van der Waals surface area contributed by atoms with E-state index in [0.717, 1.165) is 51.5 Å². The molecule has 0 saturated carbocycles. The molecular weight excluding hydrogens is 316 g/mol. The largest absolute Gasteiger partial charge is 0.395 e. The Labute approximate surface area is 150 Å². The van der Waals surface area contributed by atoms with E-state index in [2.05, 4.69) is 32.1 Å². The monoisotopic (exact) mass is 346 g/mol. The van der Waals surface area contributed by atoms with E-state index in [9.17, 15) is 4.79 Å². The van der Waals surface area contributed by atoms with Gasteiger partial charge in [0, 0.05) is 57.2 Å². The third-order valence-corrected chi connectivity index (χ3v) is 5.36. The van der Waals surface area contributed by atoms with Crippen LogP contribution in [0.1, 0.15) is 19.8 Å². The van der Waals surface area contributed by atoms with Crippen molar-refractivity contribution in [3.05, 3.63) is 24.3 Å². The summed E-state index contributed by atoms with van der Waals surface area (Å²) >= 11 is 0. The molecular formula is C19H30N4O2. The van der Waals surface area contributed by atoms with Crippen molar-refractivity contribution in [3.8, 4) is 0 Å². The molecule has 1 aromatic rings. The van der Waals surface area contributed by atoms with E-state index in [4.69, 9.17) is 5.11 Å². The van der Waals surface area contributed by atoms with Gasteiger partial charge in [-0.2, -0.15) is 0 Å². The molecule has 6 nitrogen and oxygen atoms in total. The topological polar surface area (TPSA) is 59.1 Å². The number of carbonyl (C=O) groups excluding carboxylic acids is 1. The van der Waals surface area contributed by atoms with Crippen molar-refractivity contribution < 1.29 is 9.90 Å². The molecule has 25 heavy (non-hydrogen) atoms. The SMILES string of the molecule is CC(C(=O)Nc1ccc(N2CCCC2)cc1)N1CCN(CCO)CC1. The highest BCUT2D eigenvalue weighted by molar-refractivity contribution is 5.94. The Hall–Kier alpha value is -1.63. The molecule has 2 saturated heterocycles. The van der Waals surface area contributed by atoms with Gasteiger partial charge >= 0.3 is 0 Å². The number of carbonyl (C=O) groups is 1. The Balaban J connectivity index is 1.49. The van der Waals surface area contributed by atoms with Crippen LogP contribution in [0.25, 0.3) is 0 Å². The van der Waals surface area contributed by atoms with Crippen LogP contribution >= 0.6 is 0 Å².